The Labute approximate surface area is 153 Å². The van der Waals surface area contributed by atoms with Crippen molar-refractivity contribution in [3.05, 3.63) is 77.7 Å². The van der Waals surface area contributed by atoms with Crippen LogP contribution in [0.4, 0.5) is 4.39 Å². The predicted octanol–water partition coefficient (Wildman–Crippen LogP) is 3.67. The Morgan fingerprint density at radius 3 is 2.81 bits per heavy atom. The molecular formula is C21H23FN4. The van der Waals surface area contributed by atoms with Gasteiger partial charge in [0.2, 0.25) is 0 Å². The van der Waals surface area contributed by atoms with Crippen molar-refractivity contribution >= 4 is 16.9 Å². The molecule has 0 aliphatic rings. The Balaban J connectivity index is 1.65. The molecule has 0 aliphatic carbocycles. The average molecular weight is 350 g/mol. The molecule has 26 heavy (non-hydrogen) atoms. The van der Waals surface area contributed by atoms with E-state index in [9.17, 15) is 4.39 Å². The molecule has 0 spiro atoms. The van der Waals surface area contributed by atoms with E-state index in [1.54, 1.807) is 12.1 Å². The van der Waals surface area contributed by atoms with E-state index in [4.69, 9.17) is 0 Å². The lowest BCUT2D eigenvalue weighted by Gasteiger charge is -2.12. The van der Waals surface area contributed by atoms with E-state index in [-0.39, 0.29) is 5.82 Å². The fourth-order valence-corrected chi connectivity index (χ4v) is 2.82. The van der Waals surface area contributed by atoms with E-state index in [1.807, 2.05) is 43.5 Å². The number of aromatic nitrogens is 1. The van der Waals surface area contributed by atoms with Crippen LogP contribution in [0.5, 0.6) is 0 Å². The minimum Gasteiger partial charge on any atom is -0.357 e. The molecule has 3 rings (SSSR count). The van der Waals surface area contributed by atoms with Crippen LogP contribution in [-0.2, 0) is 13.0 Å². The molecule has 0 bridgehead atoms. The molecule has 2 aromatic carbocycles. The van der Waals surface area contributed by atoms with Crippen LogP contribution >= 0.6 is 0 Å². The summed E-state index contributed by atoms with van der Waals surface area (Å²) in [5.41, 5.74) is 3.08. The smallest absolute Gasteiger partial charge is 0.191 e. The number of fused-ring (bicyclic) bond motifs is 1. The van der Waals surface area contributed by atoms with Crippen LogP contribution in [-0.4, -0.2) is 24.0 Å². The van der Waals surface area contributed by atoms with Crippen molar-refractivity contribution in [2.24, 2.45) is 4.99 Å². The Hall–Kier alpha value is -2.95. The summed E-state index contributed by atoms with van der Waals surface area (Å²) in [7, 11) is 0. The minimum absolute atomic E-state index is 0.201. The number of nitrogens with zero attached hydrogens (tertiary/aromatic N) is 2. The summed E-state index contributed by atoms with van der Waals surface area (Å²) in [6.45, 7) is 4.07. The first-order valence-corrected chi connectivity index (χ1v) is 8.85. The molecule has 0 radical (unpaired) electrons. The lowest BCUT2D eigenvalue weighted by Crippen LogP contribution is -2.38. The first-order valence-electron chi connectivity index (χ1n) is 8.85. The molecule has 4 nitrogen and oxygen atoms in total. The van der Waals surface area contributed by atoms with Crippen LogP contribution in [0.25, 0.3) is 10.9 Å². The Morgan fingerprint density at radius 1 is 1.08 bits per heavy atom. The molecule has 0 amide bonds. The zero-order chi connectivity index (χ0) is 18.2. The predicted molar refractivity (Wildman–Crippen MR) is 105 cm³/mol. The van der Waals surface area contributed by atoms with Crippen molar-refractivity contribution in [2.75, 3.05) is 13.1 Å². The summed E-state index contributed by atoms with van der Waals surface area (Å²) in [5, 5.41) is 7.68. The summed E-state index contributed by atoms with van der Waals surface area (Å²) in [5.74, 6) is 0.553. The van der Waals surface area contributed by atoms with Gasteiger partial charge in [0.25, 0.3) is 0 Å². The van der Waals surface area contributed by atoms with E-state index in [0.717, 1.165) is 41.0 Å². The number of hydrogen-bond donors (Lipinski definition) is 2. The molecule has 0 saturated carbocycles. The van der Waals surface area contributed by atoms with Gasteiger partial charge < -0.3 is 10.6 Å². The average Bonchev–Trinajstić information content (AvgIpc) is 2.66. The summed E-state index contributed by atoms with van der Waals surface area (Å²) >= 11 is 0. The van der Waals surface area contributed by atoms with Crippen molar-refractivity contribution in [1.29, 1.82) is 0 Å². The van der Waals surface area contributed by atoms with Gasteiger partial charge in [-0.3, -0.25) is 4.98 Å². The van der Waals surface area contributed by atoms with E-state index >= 15 is 0 Å². The van der Waals surface area contributed by atoms with Gasteiger partial charge in [-0.25, -0.2) is 9.38 Å². The summed E-state index contributed by atoms with van der Waals surface area (Å²) in [6.07, 6.45) is 2.55. The highest BCUT2D eigenvalue weighted by molar-refractivity contribution is 5.83. The molecule has 0 saturated heterocycles. The molecule has 0 atom stereocenters. The van der Waals surface area contributed by atoms with Gasteiger partial charge in [-0.2, -0.15) is 0 Å². The van der Waals surface area contributed by atoms with Crippen LogP contribution in [0, 0.1) is 5.82 Å². The number of pyridine rings is 1. The lowest BCUT2D eigenvalue weighted by atomic mass is 10.1. The third kappa shape index (κ3) is 4.79. The molecule has 0 unspecified atom stereocenters. The quantitative estimate of drug-likeness (QED) is 0.527. The third-order valence-electron chi connectivity index (χ3n) is 4.09. The Kier molecular flexibility index (Phi) is 6.14. The SMILES string of the molecule is CCNC(=NCc1ccnc2ccccc12)NCCc1cccc(F)c1. The molecule has 134 valence electrons. The van der Waals surface area contributed by atoms with E-state index in [1.165, 1.54) is 6.07 Å². The normalized spacial score (nSPS) is 11.5. The van der Waals surface area contributed by atoms with Gasteiger partial charge in [0.15, 0.2) is 5.96 Å². The summed E-state index contributed by atoms with van der Waals surface area (Å²) in [4.78, 5) is 9.06. The number of rotatable bonds is 6. The molecule has 0 fully saturated rings. The van der Waals surface area contributed by atoms with Crippen molar-refractivity contribution in [1.82, 2.24) is 15.6 Å². The van der Waals surface area contributed by atoms with Crippen molar-refractivity contribution < 1.29 is 4.39 Å². The maximum absolute atomic E-state index is 13.2. The standard InChI is InChI=1S/C21H23FN4/c1-2-23-21(25-12-10-16-6-5-7-18(22)14-16)26-15-17-11-13-24-20-9-4-3-8-19(17)20/h3-9,11,13-14H,2,10,12,15H2,1H3,(H2,23,25,26). The molecule has 1 heterocycles. The molecule has 3 aromatic rings. The molecular weight excluding hydrogens is 327 g/mol. The number of benzene rings is 2. The van der Waals surface area contributed by atoms with Gasteiger partial charge in [-0.05, 0) is 48.7 Å². The highest BCUT2D eigenvalue weighted by atomic mass is 19.1. The van der Waals surface area contributed by atoms with Gasteiger partial charge in [0.1, 0.15) is 5.82 Å². The second-order valence-electron chi connectivity index (χ2n) is 5.99. The topological polar surface area (TPSA) is 49.3 Å². The number of halogens is 1. The van der Waals surface area contributed by atoms with Crippen LogP contribution < -0.4 is 10.6 Å². The summed E-state index contributed by atoms with van der Waals surface area (Å²) < 4.78 is 13.2. The fourth-order valence-electron chi connectivity index (χ4n) is 2.82. The van der Waals surface area contributed by atoms with Crippen LogP contribution in [0.2, 0.25) is 0 Å². The highest BCUT2D eigenvalue weighted by Gasteiger charge is 2.03. The zero-order valence-corrected chi connectivity index (χ0v) is 14.9. The van der Waals surface area contributed by atoms with E-state index in [2.05, 4.69) is 26.7 Å². The minimum atomic E-state index is -0.201. The maximum atomic E-state index is 13.2. The molecule has 0 aliphatic heterocycles. The van der Waals surface area contributed by atoms with Gasteiger partial charge in [-0.1, -0.05) is 30.3 Å². The maximum Gasteiger partial charge on any atom is 0.191 e. The van der Waals surface area contributed by atoms with Crippen molar-refractivity contribution in [3.63, 3.8) is 0 Å². The largest absolute Gasteiger partial charge is 0.357 e. The first kappa shape index (κ1) is 17.9. The van der Waals surface area contributed by atoms with Crippen molar-refractivity contribution in [3.8, 4) is 0 Å². The van der Waals surface area contributed by atoms with Crippen molar-refractivity contribution in [2.45, 2.75) is 19.9 Å². The Bertz CT molecular complexity index is 887. The van der Waals surface area contributed by atoms with Gasteiger partial charge in [0.05, 0.1) is 12.1 Å². The number of para-hydroxylation sites is 1. The van der Waals surface area contributed by atoms with Crippen LogP contribution in [0.1, 0.15) is 18.1 Å². The second-order valence-corrected chi connectivity index (χ2v) is 5.99. The van der Waals surface area contributed by atoms with Gasteiger partial charge >= 0.3 is 0 Å². The first-order chi connectivity index (χ1) is 12.8. The van der Waals surface area contributed by atoms with Crippen LogP contribution in [0.3, 0.4) is 0 Å². The zero-order valence-electron chi connectivity index (χ0n) is 14.9. The monoisotopic (exact) mass is 350 g/mol. The number of aliphatic imine (C=N–C) groups is 1. The van der Waals surface area contributed by atoms with Crippen LogP contribution in [0.15, 0.2) is 65.8 Å². The molecule has 5 heteroatoms. The number of hydrogen-bond acceptors (Lipinski definition) is 2. The van der Waals surface area contributed by atoms with Gasteiger partial charge in [0, 0.05) is 24.7 Å². The number of guanidine groups is 1. The molecule has 1 aromatic heterocycles. The third-order valence-corrected chi connectivity index (χ3v) is 4.09. The fraction of sp³-hybridized carbons (Fsp3) is 0.238. The lowest BCUT2D eigenvalue weighted by molar-refractivity contribution is 0.625. The Morgan fingerprint density at radius 2 is 1.96 bits per heavy atom. The highest BCUT2D eigenvalue weighted by Crippen LogP contribution is 2.16. The second kappa shape index (κ2) is 8.94. The number of nitrogens with one attached hydrogen (secondary N) is 2. The van der Waals surface area contributed by atoms with E-state index < -0.39 is 0 Å². The molecule has 2 N–H and O–H groups in total. The van der Waals surface area contributed by atoms with E-state index in [0.29, 0.717) is 13.1 Å². The summed E-state index contributed by atoms with van der Waals surface area (Å²) in [6, 6.07) is 16.8. The van der Waals surface area contributed by atoms with Gasteiger partial charge in [-0.15, -0.1) is 0 Å².